The van der Waals surface area contributed by atoms with Crippen molar-refractivity contribution in [2.45, 2.75) is 33.4 Å². The Labute approximate surface area is 152 Å². The molecule has 0 aliphatic rings. The van der Waals surface area contributed by atoms with Crippen molar-refractivity contribution in [2.24, 2.45) is 0 Å². The number of hydrogen-bond acceptors (Lipinski definition) is 4. The molecule has 0 saturated carbocycles. The number of aromatic nitrogens is 3. The smallest absolute Gasteiger partial charge is 0.305 e. The van der Waals surface area contributed by atoms with Gasteiger partial charge in [0.2, 0.25) is 0 Å². The van der Waals surface area contributed by atoms with Crippen molar-refractivity contribution < 1.29 is 14.6 Å². The van der Waals surface area contributed by atoms with Crippen molar-refractivity contribution in [3.8, 4) is 17.0 Å². The third-order valence-corrected chi connectivity index (χ3v) is 4.16. The van der Waals surface area contributed by atoms with Crippen molar-refractivity contribution >= 4 is 5.97 Å². The lowest BCUT2D eigenvalue weighted by molar-refractivity contribution is -0.137. The zero-order valence-corrected chi connectivity index (χ0v) is 14.8. The molecular formula is C20H21N3O3. The molecule has 6 nitrogen and oxygen atoms in total. The predicted molar refractivity (Wildman–Crippen MR) is 98.0 cm³/mol. The van der Waals surface area contributed by atoms with Gasteiger partial charge < -0.3 is 9.84 Å². The fourth-order valence-corrected chi connectivity index (χ4v) is 2.91. The molecule has 26 heavy (non-hydrogen) atoms. The summed E-state index contributed by atoms with van der Waals surface area (Å²) in [7, 11) is 0. The van der Waals surface area contributed by atoms with Gasteiger partial charge in [-0.05, 0) is 47.7 Å². The number of aliphatic carboxylic acids is 1. The lowest BCUT2D eigenvalue weighted by Crippen LogP contribution is -2.04. The summed E-state index contributed by atoms with van der Waals surface area (Å²) in [4.78, 5) is 10.6. The van der Waals surface area contributed by atoms with Crippen LogP contribution in [0.3, 0.4) is 0 Å². The minimum atomic E-state index is -0.869. The summed E-state index contributed by atoms with van der Waals surface area (Å²) >= 11 is 0. The highest BCUT2D eigenvalue weighted by atomic mass is 16.5. The topological polar surface area (TPSA) is 77.2 Å². The van der Waals surface area contributed by atoms with Gasteiger partial charge in [-0.15, -0.1) is 0 Å². The van der Waals surface area contributed by atoms with E-state index in [1.54, 1.807) is 6.20 Å². The van der Waals surface area contributed by atoms with Crippen LogP contribution in [-0.2, 0) is 17.9 Å². The Morgan fingerprint density at radius 1 is 1.15 bits per heavy atom. The molecular weight excluding hydrogens is 330 g/mol. The van der Waals surface area contributed by atoms with Crippen molar-refractivity contribution in [3.63, 3.8) is 0 Å². The van der Waals surface area contributed by atoms with Gasteiger partial charge >= 0.3 is 5.97 Å². The van der Waals surface area contributed by atoms with Crippen LogP contribution in [0, 0.1) is 13.8 Å². The number of carboxylic acids is 1. The molecule has 3 rings (SSSR count). The summed E-state index contributed by atoms with van der Waals surface area (Å²) in [5.41, 5.74) is 5.92. The number of carboxylic acid groups (broad SMARTS) is 1. The van der Waals surface area contributed by atoms with E-state index in [1.807, 2.05) is 12.1 Å². The van der Waals surface area contributed by atoms with E-state index in [2.05, 4.69) is 54.5 Å². The first-order valence-corrected chi connectivity index (χ1v) is 8.43. The van der Waals surface area contributed by atoms with E-state index in [-0.39, 0.29) is 13.0 Å². The fourth-order valence-electron chi connectivity index (χ4n) is 2.91. The Balaban J connectivity index is 1.69. The third kappa shape index (κ3) is 4.27. The van der Waals surface area contributed by atoms with Crippen LogP contribution in [0.1, 0.15) is 23.1 Å². The van der Waals surface area contributed by atoms with Crippen LogP contribution in [0.25, 0.3) is 11.1 Å². The maximum absolute atomic E-state index is 10.6. The standard InChI is InChI=1S/C20H21N3O3/c1-14-5-3-6-15(2)20(14)17-8-4-7-16(11-17)13-26-18-12-23(22-21-18)10-9-19(24)25/h3-8,11-12H,9-10,13H2,1-2H3,(H,24,25). The maximum atomic E-state index is 10.6. The molecule has 0 fully saturated rings. The summed E-state index contributed by atoms with van der Waals surface area (Å²) in [5, 5.41) is 16.5. The molecule has 0 spiro atoms. The van der Waals surface area contributed by atoms with Crippen molar-refractivity contribution in [1.29, 1.82) is 0 Å². The first kappa shape index (κ1) is 17.7. The van der Waals surface area contributed by atoms with E-state index in [1.165, 1.54) is 21.4 Å². The number of rotatable bonds is 7. The van der Waals surface area contributed by atoms with Gasteiger partial charge in [0.25, 0.3) is 5.88 Å². The highest BCUT2D eigenvalue weighted by Gasteiger charge is 2.08. The molecule has 1 N–H and O–H groups in total. The average Bonchev–Trinajstić information content (AvgIpc) is 3.06. The number of nitrogens with zero attached hydrogens (tertiary/aromatic N) is 3. The van der Waals surface area contributed by atoms with Gasteiger partial charge in [-0.3, -0.25) is 4.79 Å². The second-order valence-electron chi connectivity index (χ2n) is 6.22. The summed E-state index contributed by atoms with van der Waals surface area (Å²) in [6.45, 7) is 4.87. The highest BCUT2D eigenvalue weighted by Crippen LogP contribution is 2.27. The zero-order chi connectivity index (χ0) is 18.5. The Morgan fingerprint density at radius 3 is 2.62 bits per heavy atom. The first-order valence-electron chi connectivity index (χ1n) is 8.43. The van der Waals surface area contributed by atoms with E-state index in [4.69, 9.17) is 9.84 Å². The summed E-state index contributed by atoms with van der Waals surface area (Å²) in [6, 6.07) is 14.5. The molecule has 0 unspecified atom stereocenters. The SMILES string of the molecule is Cc1cccc(C)c1-c1cccc(COc2cn(CCC(=O)O)nn2)c1. The van der Waals surface area contributed by atoms with Crippen LogP contribution in [0.2, 0.25) is 0 Å². The molecule has 0 atom stereocenters. The van der Waals surface area contributed by atoms with E-state index in [9.17, 15) is 4.79 Å². The fraction of sp³-hybridized carbons (Fsp3) is 0.250. The van der Waals surface area contributed by atoms with Gasteiger partial charge in [-0.25, -0.2) is 4.68 Å². The van der Waals surface area contributed by atoms with E-state index < -0.39 is 5.97 Å². The van der Waals surface area contributed by atoms with Gasteiger partial charge in [0.05, 0.1) is 19.2 Å². The lowest BCUT2D eigenvalue weighted by atomic mass is 9.95. The second kappa shape index (κ2) is 7.82. The van der Waals surface area contributed by atoms with Crippen LogP contribution in [0.15, 0.2) is 48.7 Å². The molecule has 134 valence electrons. The molecule has 0 aliphatic carbocycles. The quantitative estimate of drug-likeness (QED) is 0.703. The molecule has 3 aromatic rings. The normalized spacial score (nSPS) is 10.7. The highest BCUT2D eigenvalue weighted by molar-refractivity contribution is 5.71. The Hall–Kier alpha value is -3.15. The summed E-state index contributed by atoms with van der Waals surface area (Å²) in [5.74, 6) is -0.487. The third-order valence-electron chi connectivity index (χ3n) is 4.16. The van der Waals surface area contributed by atoms with Gasteiger partial charge in [0.1, 0.15) is 6.61 Å². The molecule has 0 amide bonds. The van der Waals surface area contributed by atoms with Crippen LogP contribution in [0.4, 0.5) is 0 Å². The maximum Gasteiger partial charge on any atom is 0.305 e. The number of hydrogen-bond donors (Lipinski definition) is 1. The number of aryl methyl sites for hydroxylation is 3. The first-order chi connectivity index (χ1) is 12.5. The Bertz CT molecular complexity index is 898. The zero-order valence-electron chi connectivity index (χ0n) is 14.8. The molecule has 1 aromatic heterocycles. The van der Waals surface area contributed by atoms with E-state index >= 15 is 0 Å². The molecule has 2 aromatic carbocycles. The minimum Gasteiger partial charge on any atom is -0.481 e. The Morgan fingerprint density at radius 2 is 1.88 bits per heavy atom. The molecule has 0 radical (unpaired) electrons. The van der Waals surface area contributed by atoms with Crippen LogP contribution < -0.4 is 4.74 Å². The van der Waals surface area contributed by atoms with E-state index in [0.717, 1.165) is 11.1 Å². The Kier molecular flexibility index (Phi) is 5.31. The van der Waals surface area contributed by atoms with Gasteiger partial charge in [-0.1, -0.05) is 46.7 Å². The van der Waals surface area contributed by atoms with Crippen molar-refractivity contribution in [2.75, 3.05) is 0 Å². The van der Waals surface area contributed by atoms with Gasteiger partial charge in [0, 0.05) is 0 Å². The second-order valence-corrected chi connectivity index (χ2v) is 6.22. The molecule has 0 saturated heterocycles. The molecule has 0 bridgehead atoms. The number of ether oxygens (including phenoxy) is 1. The van der Waals surface area contributed by atoms with Crippen LogP contribution in [0.5, 0.6) is 5.88 Å². The average molecular weight is 351 g/mol. The van der Waals surface area contributed by atoms with Crippen LogP contribution in [-0.4, -0.2) is 26.1 Å². The largest absolute Gasteiger partial charge is 0.481 e. The minimum absolute atomic E-state index is 0.000618. The number of carbonyl (C=O) groups is 1. The lowest BCUT2D eigenvalue weighted by Gasteiger charge is -2.11. The number of benzene rings is 2. The van der Waals surface area contributed by atoms with Gasteiger partial charge in [-0.2, -0.15) is 0 Å². The molecule has 1 heterocycles. The molecule has 6 heteroatoms. The summed E-state index contributed by atoms with van der Waals surface area (Å²) < 4.78 is 7.16. The van der Waals surface area contributed by atoms with E-state index in [0.29, 0.717) is 12.5 Å². The van der Waals surface area contributed by atoms with Crippen molar-refractivity contribution in [3.05, 3.63) is 65.4 Å². The van der Waals surface area contributed by atoms with Gasteiger partial charge in [0.15, 0.2) is 0 Å². The van der Waals surface area contributed by atoms with Crippen molar-refractivity contribution in [1.82, 2.24) is 15.0 Å². The van der Waals surface area contributed by atoms with Crippen LogP contribution >= 0.6 is 0 Å². The molecule has 0 aliphatic heterocycles. The predicted octanol–water partition coefficient (Wildman–Crippen LogP) is 3.62. The monoisotopic (exact) mass is 351 g/mol. The summed E-state index contributed by atoms with van der Waals surface area (Å²) in [6.07, 6.45) is 1.61.